The summed E-state index contributed by atoms with van der Waals surface area (Å²) in [5, 5.41) is 7.25. The fraction of sp³-hybridized carbons (Fsp3) is 0.235. The summed E-state index contributed by atoms with van der Waals surface area (Å²) in [5.41, 5.74) is 3.98. The van der Waals surface area contributed by atoms with E-state index in [0.717, 1.165) is 17.0 Å². The van der Waals surface area contributed by atoms with E-state index in [1.807, 2.05) is 57.2 Å². The number of amides is 1. The van der Waals surface area contributed by atoms with E-state index in [1.165, 1.54) is 0 Å². The first-order valence-corrected chi connectivity index (χ1v) is 7.24. The highest BCUT2D eigenvalue weighted by atomic mass is 16.1. The summed E-state index contributed by atoms with van der Waals surface area (Å²) >= 11 is 0. The van der Waals surface area contributed by atoms with Crippen LogP contribution in [-0.4, -0.2) is 20.5 Å². The molecule has 1 amide bonds. The average molecular weight is 294 g/mol. The van der Waals surface area contributed by atoms with Crippen molar-refractivity contribution in [1.29, 1.82) is 0 Å². The van der Waals surface area contributed by atoms with Crippen LogP contribution in [0.1, 0.15) is 40.3 Å². The zero-order chi connectivity index (χ0) is 15.7. The molecule has 2 heterocycles. The van der Waals surface area contributed by atoms with Gasteiger partial charge in [-0.25, -0.2) is 9.50 Å². The van der Waals surface area contributed by atoms with Crippen molar-refractivity contribution in [2.45, 2.75) is 26.8 Å². The van der Waals surface area contributed by atoms with Crippen molar-refractivity contribution in [2.24, 2.45) is 0 Å². The molecule has 0 saturated carbocycles. The molecule has 0 aliphatic carbocycles. The number of carbonyl (C=O) groups is 1. The molecule has 1 atom stereocenters. The highest BCUT2D eigenvalue weighted by Crippen LogP contribution is 2.15. The van der Waals surface area contributed by atoms with Gasteiger partial charge < -0.3 is 5.32 Å². The summed E-state index contributed by atoms with van der Waals surface area (Å²) in [6, 6.07) is 11.7. The van der Waals surface area contributed by atoms with Crippen molar-refractivity contribution in [3.05, 3.63) is 65.1 Å². The topological polar surface area (TPSA) is 59.3 Å². The molecule has 0 bridgehead atoms. The van der Waals surface area contributed by atoms with Gasteiger partial charge in [-0.15, -0.1) is 0 Å². The normalized spacial score (nSPS) is 12.3. The summed E-state index contributed by atoms with van der Waals surface area (Å²) < 4.78 is 1.69. The third kappa shape index (κ3) is 2.57. The molecule has 0 aliphatic heterocycles. The summed E-state index contributed by atoms with van der Waals surface area (Å²) in [6.45, 7) is 5.82. The maximum absolute atomic E-state index is 12.5. The predicted molar refractivity (Wildman–Crippen MR) is 84.8 cm³/mol. The molecule has 112 valence electrons. The molecule has 0 saturated heterocycles. The van der Waals surface area contributed by atoms with E-state index >= 15 is 0 Å². The minimum Gasteiger partial charge on any atom is -0.345 e. The van der Waals surface area contributed by atoms with E-state index in [0.29, 0.717) is 11.2 Å². The van der Waals surface area contributed by atoms with E-state index < -0.39 is 0 Å². The summed E-state index contributed by atoms with van der Waals surface area (Å²) in [6.07, 6.45) is 1.57. The standard InChI is InChI=1S/C17H18N4O/c1-11-9-12(2)21-16(19-11)15(10-18-21)17(22)20-13(3)14-7-5-4-6-8-14/h4-10,13H,1-3H3,(H,20,22). The molecule has 0 radical (unpaired) electrons. The van der Waals surface area contributed by atoms with Crippen molar-refractivity contribution >= 4 is 11.6 Å². The van der Waals surface area contributed by atoms with Crippen molar-refractivity contribution in [3.8, 4) is 0 Å². The Morgan fingerprint density at radius 2 is 1.95 bits per heavy atom. The molecular weight excluding hydrogens is 276 g/mol. The Morgan fingerprint density at radius 3 is 2.68 bits per heavy atom. The van der Waals surface area contributed by atoms with Crippen molar-refractivity contribution < 1.29 is 4.79 Å². The van der Waals surface area contributed by atoms with Gasteiger partial charge in [0.05, 0.1) is 12.2 Å². The van der Waals surface area contributed by atoms with Crippen LogP contribution in [0.3, 0.4) is 0 Å². The van der Waals surface area contributed by atoms with E-state index in [4.69, 9.17) is 0 Å². The first-order valence-electron chi connectivity index (χ1n) is 7.24. The third-order valence-corrected chi connectivity index (χ3v) is 3.67. The molecule has 0 aliphatic rings. The fourth-order valence-corrected chi connectivity index (χ4v) is 2.53. The number of aromatic nitrogens is 3. The number of carbonyl (C=O) groups excluding carboxylic acids is 1. The second kappa shape index (κ2) is 5.60. The minimum absolute atomic E-state index is 0.0745. The van der Waals surface area contributed by atoms with Crippen LogP contribution in [0.5, 0.6) is 0 Å². The minimum atomic E-state index is -0.163. The lowest BCUT2D eigenvalue weighted by Gasteiger charge is -2.13. The smallest absolute Gasteiger partial charge is 0.257 e. The summed E-state index contributed by atoms with van der Waals surface area (Å²) in [7, 11) is 0. The van der Waals surface area contributed by atoms with Gasteiger partial charge in [0, 0.05) is 11.4 Å². The number of hydrogen-bond donors (Lipinski definition) is 1. The Balaban J connectivity index is 1.90. The van der Waals surface area contributed by atoms with Gasteiger partial charge in [-0.2, -0.15) is 5.10 Å². The highest BCUT2D eigenvalue weighted by molar-refractivity contribution is 5.99. The van der Waals surface area contributed by atoms with Crippen LogP contribution in [0.4, 0.5) is 0 Å². The van der Waals surface area contributed by atoms with Crippen molar-refractivity contribution in [2.75, 3.05) is 0 Å². The van der Waals surface area contributed by atoms with Gasteiger partial charge in [0.25, 0.3) is 5.91 Å². The number of nitrogens with zero attached hydrogens (tertiary/aromatic N) is 3. The Bertz CT molecular complexity index is 823. The van der Waals surface area contributed by atoms with Crippen LogP contribution < -0.4 is 5.32 Å². The predicted octanol–water partition coefficient (Wildman–Crippen LogP) is 2.84. The molecule has 3 aromatic rings. The van der Waals surface area contributed by atoms with E-state index in [2.05, 4.69) is 15.4 Å². The average Bonchev–Trinajstić information content (AvgIpc) is 2.92. The Kier molecular flexibility index (Phi) is 3.63. The molecule has 0 fully saturated rings. The maximum atomic E-state index is 12.5. The number of rotatable bonds is 3. The van der Waals surface area contributed by atoms with Crippen LogP contribution in [0.2, 0.25) is 0 Å². The molecule has 1 unspecified atom stereocenters. The van der Waals surface area contributed by atoms with Gasteiger partial charge in [0.15, 0.2) is 5.65 Å². The van der Waals surface area contributed by atoms with E-state index in [1.54, 1.807) is 10.7 Å². The number of hydrogen-bond acceptors (Lipinski definition) is 3. The van der Waals surface area contributed by atoms with Crippen molar-refractivity contribution in [3.63, 3.8) is 0 Å². The van der Waals surface area contributed by atoms with Crippen LogP contribution in [0.15, 0.2) is 42.6 Å². The van der Waals surface area contributed by atoms with Gasteiger partial charge in [-0.3, -0.25) is 4.79 Å². The number of fused-ring (bicyclic) bond motifs is 1. The lowest BCUT2D eigenvalue weighted by molar-refractivity contribution is 0.0941. The first-order chi connectivity index (χ1) is 10.6. The van der Waals surface area contributed by atoms with Crippen LogP contribution in [-0.2, 0) is 0 Å². The van der Waals surface area contributed by atoms with Crippen LogP contribution in [0, 0.1) is 13.8 Å². The zero-order valence-electron chi connectivity index (χ0n) is 12.9. The second-order valence-corrected chi connectivity index (χ2v) is 5.44. The highest BCUT2D eigenvalue weighted by Gasteiger charge is 2.17. The summed E-state index contributed by atoms with van der Waals surface area (Å²) in [4.78, 5) is 17.0. The lowest BCUT2D eigenvalue weighted by Crippen LogP contribution is -2.26. The van der Waals surface area contributed by atoms with Gasteiger partial charge in [-0.1, -0.05) is 30.3 Å². The maximum Gasteiger partial charge on any atom is 0.257 e. The molecule has 1 N–H and O–H groups in total. The largest absolute Gasteiger partial charge is 0.345 e. The van der Waals surface area contributed by atoms with Gasteiger partial charge in [-0.05, 0) is 32.4 Å². The SMILES string of the molecule is Cc1cc(C)n2ncc(C(=O)NC(C)c3ccccc3)c2n1. The van der Waals surface area contributed by atoms with Gasteiger partial charge in [0.2, 0.25) is 0 Å². The third-order valence-electron chi connectivity index (χ3n) is 3.67. The molecule has 3 rings (SSSR count). The lowest BCUT2D eigenvalue weighted by atomic mass is 10.1. The molecule has 22 heavy (non-hydrogen) atoms. The van der Waals surface area contributed by atoms with Gasteiger partial charge in [0.1, 0.15) is 5.56 Å². The molecule has 1 aromatic carbocycles. The van der Waals surface area contributed by atoms with Crippen LogP contribution >= 0.6 is 0 Å². The van der Waals surface area contributed by atoms with E-state index in [9.17, 15) is 4.79 Å². The molecule has 5 heteroatoms. The molecule has 5 nitrogen and oxygen atoms in total. The Labute approximate surface area is 129 Å². The Morgan fingerprint density at radius 1 is 1.23 bits per heavy atom. The second-order valence-electron chi connectivity index (χ2n) is 5.44. The molecular formula is C17H18N4O. The fourth-order valence-electron chi connectivity index (χ4n) is 2.53. The number of nitrogens with one attached hydrogen (secondary N) is 1. The first kappa shape index (κ1) is 14.3. The molecule has 0 spiro atoms. The van der Waals surface area contributed by atoms with Gasteiger partial charge >= 0.3 is 0 Å². The van der Waals surface area contributed by atoms with E-state index in [-0.39, 0.29) is 11.9 Å². The Hall–Kier alpha value is -2.69. The van der Waals surface area contributed by atoms with Crippen LogP contribution in [0.25, 0.3) is 5.65 Å². The monoisotopic (exact) mass is 294 g/mol. The zero-order valence-corrected chi connectivity index (χ0v) is 12.9. The van der Waals surface area contributed by atoms with Crippen molar-refractivity contribution in [1.82, 2.24) is 19.9 Å². The number of benzene rings is 1. The number of aryl methyl sites for hydroxylation is 2. The molecule has 2 aromatic heterocycles. The quantitative estimate of drug-likeness (QED) is 0.808. The summed E-state index contributed by atoms with van der Waals surface area (Å²) in [5.74, 6) is -0.163.